The molecule has 0 radical (unpaired) electrons. The molecule has 0 fully saturated rings. The summed E-state index contributed by atoms with van der Waals surface area (Å²) in [7, 11) is -1.40. The Labute approximate surface area is 113 Å². The molecule has 0 aliphatic heterocycles. The molecule has 2 aromatic carbocycles. The van der Waals surface area contributed by atoms with Crippen molar-refractivity contribution in [3.8, 4) is 0 Å². The van der Waals surface area contributed by atoms with Crippen LogP contribution in [0.3, 0.4) is 0 Å². The van der Waals surface area contributed by atoms with E-state index in [-0.39, 0.29) is 17.1 Å². The van der Waals surface area contributed by atoms with Crippen molar-refractivity contribution in [1.82, 2.24) is 0 Å². The summed E-state index contributed by atoms with van der Waals surface area (Å²) in [5.74, 6) is -0.918. The highest BCUT2D eigenvalue weighted by Gasteiger charge is 2.12. The molecular formula is C15H13FO2S. The minimum Gasteiger partial charge on any atom is -0.293 e. The first-order chi connectivity index (χ1) is 9.06. The molecule has 2 nitrogen and oxygen atoms in total. The second-order valence-electron chi connectivity index (χ2n) is 4.24. The topological polar surface area (TPSA) is 34.1 Å². The fourth-order valence-corrected chi connectivity index (χ4v) is 2.82. The summed E-state index contributed by atoms with van der Waals surface area (Å²) in [6.45, 7) is 1.90. The summed E-state index contributed by atoms with van der Waals surface area (Å²) in [5, 5.41) is 0. The van der Waals surface area contributed by atoms with Crippen LogP contribution in [-0.2, 0) is 10.8 Å². The SMILES string of the molecule is Cc1cccc(S(=O)CC(=O)c2cccc(F)c2)c1. The molecule has 0 saturated carbocycles. The van der Waals surface area contributed by atoms with Gasteiger partial charge in [0.05, 0.1) is 16.6 Å². The molecular weight excluding hydrogens is 263 g/mol. The minimum absolute atomic E-state index is 0.132. The third kappa shape index (κ3) is 3.58. The van der Waals surface area contributed by atoms with Gasteiger partial charge < -0.3 is 0 Å². The van der Waals surface area contributed by atoms with Crippen molar-refractivity contribution in [3.63, 3.8) is 0 Å². The average Bonchev–Trinajstić information content (AvgIpc) is 2.38. The van der Waals surface area contributed by atoms with Crippen LogP contribution in [0.4, 0.5) is 4.39 Å². The van der Waals surface area contributed by atoms with Gasteiger partial charge >= 0.3 is 0 Å². The van der Waals surface area contributed by atoms with E-state index in [1.165, 1.54) is 18.2 Å². The maximum Gasteiger partial charge on any atom is 0.175 e. The molecule has 98 valence electrons. The van der Waals surface area contributed by atoms with Crippen LogP contribution in [0.2, 0.25) is 0 Å². The number of ketones is 1. The van der Waals surface area contributed by atoms with Crippen molar-refractivity contribution in [1.29, 1.82) is 0 Å². The molecule has 1 unspecified atom stereocenters. The highest BCUT2D eigenvalue weighted by molar-refractivity contribution is 7.85. The monoisotopic (exact) mass is 276 g/mol. The minimum atomic E-state index is -1.40. The van der Waals surface area contributed by atoms with Crippen LogP contribution < -0.4 is 0 Å². The Morgan fingerprint density at radius 1 is 1.16 bits per heavy atom. The Hall–Kier alpha value is -1.81. The Kier molecular flexibility index (Phi) is 4.22. The summed E-state index contributed by atoms with van der Waals surface area (Å²) in [5.41, 5.74) is 1.24. The van der Waals surface area contributed by atoms with Gasteiger partial charge in [0.1, 0.15) is 5.82 Å². The van der Waals surface area contributed by atoms with Gasteiger partial charge in [-0.25, -0.2) is 4.39 Å². The maximum atomic E-state index is 13.0. The summed E-state index contributed by atoms with van der Waals surface area (Å²) >= 11 is 0. The first-order valence-corrected chi connectivity index (χ1v) is 7.12. The number of hydrogen-bond donors (Lipinski definition) is 0. The van der Waals surface area contributed by atoms with Gasteiger partial charge in [-0.3, -0.25) is 9.00 Å². The lowest BCUT2D eigenvalue weighted by Crippen LogP contribution is -2.11. The van der Waals surface area contributed by atoms with Gasteiger partial charge in [0, 0.05) is 10.5 Å². The van der Waals surface area contributed by atoms with Crippen molar-refractivity contribution in [3.05, 3.63) is 65.5 Å². The largest absolute Gasteiger partial charge is 0.293 e. The highest BCUT2D eigenvalue weighted by atomic mass is 32.2. The zero-order valence-electron chi connectivity index (χ0n) is 10.4. The van der Waals surface area contributed by atoms with Crippen LogP contribution >= 0.6 is 0 Å². The van der Waals surface area contributed by atoms with Gasteiger partial charge in [-0.2, -0.15) is 0 Å². The number of rotatable bonds is 4. The third-order valence-electron chi connectivity index (χ3n) is 2.66. The van der Waals surface area contributed by atoms with E-state index in [1.54, 1.807) is 18.2 Å². The van der Waals surface area contributed by atoms with Gasteiger partial charge in [0.2, 0.25) is 0 Å². The molecule has 2 aromatic rings. The lowest BCUT2D eigenvalue weighted by molar-refractivity contribution is 0.102. The first kappa shape index (κ1) is 13.6. The van der Waals surface area contributed by atoms with E-state index in [1.807, 2.05) is 13.0 Å². The van der Waals surface area contributed by atoms with Gasteiger partial charge in [0.15, 0.2) is 5.78 Å². The van der Waals surface area contributed by atoms with Gasteiger partial charge in [-0.15, -0.1) is 0 Å². The van der Waals surface area contributed by atoms with E-state index >= 15 is 0 Å². The molecule has 0 aromatic heterocycles. The fourth-order valence-electron chi connectivity index (χ4n) is 1.70. The normalized spacial score (nSPS) is 12.1. The molecule has 0 saturated heterocycles. The summed E-state index contributed by atoms with van der Waals surface area (Å²) in [6.07, 6.45) is 0. The van der Waals surface area contributed by atoms with E-state index in [4.69, 9.17) is 0 Å². The van der Waals surface area contributed by atoms with Crippen LogP contribution in [0.5, 0.6) is 0 Å². The van der Waals surface area contributed by atoms with Crippen molar-refractivity contribution in [2.45, 2.75) is 11.8 Å². The molecule has 2 rings (SSSR count). The predicted octanol–water partition coefficient (Wildman–Crippen LogP) is 3.12. The molecule has 0 heterocycles. The van der Waals surface area contributed by atoms with Crippen LogP contribution in [0.15, 0.2) is 53.4 Å². The van der Waals surface area contributed by atoms with Crippen molar-refractivity contribution >= 4 is 16.6 Å². The lowest BCUT2D eigenvalue weighted by atomic mass is 10.1. The zero-order chi connectivity index (χ0) is 13.8. The molecule has 0 aliphatic carbocycles. The molecule has 0 bridgehead atoms. The fraction of sp³-hybridized carbons (Fsp3) is 0.133. The third-order valence-corrected chi connectivity index (χ3v) is 3.97. The van der Waals surface area contributed by atoms with Gasteiger partial charge in [0.25, 0.3) is 0 Å². The quantitative estimate of drug-likeness (QED) is 0.804. The lowest BCUT2D eigenvalue weighted by Gasteiger charge is -2.03. The maximum absolute atomic E-state index is 13.0. The second-order valence-corrected chi connectivity index (χ2v) is 5.69. The number of benzene rings is 2. The summed E-state index contributed by atoms with van der Waals surface area (Å²) < 4.78 is 25.1. The van der Waals surface area contributed by atoms with Gasteiger partial charge in [-0.05, 0) is 36.8 Å². The number of halogens is 1. The number of Topliss-reactive ketones (excluding diaryl/α,β-unsaturated/α-hetero) is 1. The highest BCUT2D eigenvalue weighted by Crippen LogP contribution is 2.12. The van der Waals surface area contributed by atoms with Crippen LogP contribution in [0, 0.1) is 12.7 Å². The van der Waals surface area contributed by atoms with E-state index in [0.29, 0.717) is 4.90 Å². The van der Waals surface area contributed by atoms with E-state index in [2.05, 4.69) is 0 Å². The molecule has 0 amide bonds. The smallest absolute Gasteiger partial charge is 0.175 e. The number of hydrogen-bond acceptors (Lipinski definition) is 2. The Bertz CT molecular complexity index is 582. The Morgan fingerprint density at radius 2 is 1.89 bits per heavy atom. The molecule has 19 heavy (non-hydrogen) atoms. The van der Waals surface area contributed by atoms with E-state index < -0.39 is 16.6 Å². The molecule has 0 aliphatic rings. The standard InChI is InChI=1S/C15H13FO2S/c1-11-4-2-7-14(8-11)19(18)10-15(17)12-5-3-6-13(16)9-12/h2-9H,10H2,1H3. The Balaban J connectivity index is 2.13. The van der Waals surface area contributed by atoms with Crippen LogP contribution in [-0.4, -0.2) is 15.7 Å². The summed E-state index contributed by atoms with van der Waals surface area (Å²) in [4.78, 5) is 12.5. The molecule has 4 heteroatoms. The number of carbonyl (C=O) groups is 1. The molecule has 0 spiro atoms. The van der Waals surface area contributed by atoms with Crippen molar-refractivity contribution < 1.29 is 13.4 Å². The molecule has 0 N–H and O–H groups in total. The van der Waals surface area contributed by atoms with E-state index in [9.17, 15) is 13.4 Å². The van der Waals surface area contributed by atoms with Gasteiger partial charge in [-0.1, -0.05) is 24.3 Å². The number of carbonyl (C=O) groups excluding carboxylic acids is 1. The second kappa shape index (κ2) is 5.89. The first-order valence-electron chi connectivity index (χ1n) is 5.80. The zero-order valence-corrected chi connectivity index (χ0v) is 11.2. The number of aryl methyl sites for hydroxylation is 1. The van der Waals surface area contributed by atoms with Crippen LogP contribution in [0.25, 0.3) is 0 Å². The average molecular weight is 276 g/mol. The predicted molar refractivity (Wildman–Crippen MR) is 73.2 cm³/mol. The molecule has 1 atom stereocenters. The van der Waals surface area contributed by atoms with Crippen LogP contribution in [0.1, 0.15) is 15.9 Å². The van der Waals surface area contributed by atoms with Crippen molar-refractivity contribution in [2.24, 2.45) is 0 Å². The van der Waals surface area contributed by atoms with Crippen molar-refractivity contribution in [2.75, 3.05) is 5.75 Å². The van der Waals surface area contributed by atoms with E-state index in [0.717, 1.165) is 11.6 Å². The Morgan fingerprint density at radius 3 is 2.58 bits per heavy atom. The summed E-state index contributed by atoms with van der Waals surface area (Å²) in [6, 6.07) is 12.6.